The SMILES string of the molecule is O=S(=O)(N[C@H]1CCCOc2cc(F)ccc21)c1cccnc1. The third-order valence-electron chi connectivity index (χ3n) is 3.49. The van der Waals surface area contributed by atoms with Crippen LogP contribution in [0.15, 0.2) is 47.6 Å². The van der Waals surface area contributed by atoms with Gasteiger partial charge in [0.05, 0.1) is 12.6 Å². The van der Waals surface area contributed by atoms with Gasteiger partial charge in [-0.05, 0) is 31.0 Å². The van der Waals surface area contributed by atoms with Crippen molar-refractivity contribution in [2.75, 3.05) is 6.61 Å². The van der Waals surface area contributed by atoms with Crippen molar-refractivity contribution in [3.05, 3.63) is 54.1 Å². The Morgan fingerprint density at radius 1 is 1.32 bits per heavy atom. The second-order valence-electron chi connectivity index (χ2n) is 5.04. The molecule has 0 amide bonds. The summed E-state index contributed by atoms with van der Waals surface area (Å²) in [6.07, 6.45) is 4.06. The van der Waals surface area contributed by atoms with Crippen molar-refractivity contribution in [2.24, 2.45) is 0 Å². The Morgan fingerprint density at radius 3 is 2.95 bits per heavy atom. The number of sulfonamides is 1. The lowest BCUT2D eigenvalue weighted by Gasteiger charge is -2.18. The minimum Gasteiger partial charge on any atom is -0.493 e. The van der Waals surface area contributed by atoms with E-state index in [0.717, 1.165) is 0 Å². The van der Waals surface area contributed by atoms with E-state index in [2.05, 4.69) is 9.71 Å². The van der Waals surface area contributed by atoms with Crippen LogP contribution in [0.1, 0.15) is 24.4 Å². The van der Waals surface area contributed by atoms with Crippen LogP contribution in [0, 0.1) is 5.82 Å². The molecule has 2 heterocycles. The smallest absolute Gasteiger partial charge is 0.242 e. The zero-order valence-corrected chi connectivity index (χ0v) is 12.5. The van der Waals surface area contributed by atoms with E-state index in [0.29, 0.717) is 30.8 Å². The summed E-state index contributed by atoms with van der Waals surface area (Å²) in [7, 11) is -3.69. The van der Waals surface area contributed by atoms with Crippen LogP contribution in [0.5, 0.6) is 5.75 Å². The van der Waals surface area contributed by atoms with Crippen LogP contribution in [0.3, 0.4) is 0 Å². The van der Waals surface area contributed by atoms with E-state index in [9.17, 15) is 12.8 Å². The molecule has 0 radical (unpaired) electrons. The molecule has 7 heteroatoms. The number of benzene rings is 1. The molecule has 0 saturated heterocycles. The van der Waals surface area contributed by atoms with Crippen LogP contribution < -0.4 is 9.46 Å². The zero-order chi connectivity index (χ0) is 15.6. The molecule has 1 aliphatic heterocycles. The highest BCUT2D eigenvalue weighted by Crippen LogP contribution is 2.33. The first-order valence-electron chi connectivity index (χ1n) is 6.91. The molecular weight excluding hydrogens is 307 g/mol. The highest BCUT2D eigenvalue weighted by molar-refractivity contribution is 7.89. The molecule has 1 aromatic heterocycles. The van der Waals surface area contributed by atoms with Crippen LogP contribution in [0.4, 0.5) is 4.39 Å². The molecule has 116 valence electrons. The van der Waals surface area contributed by atoms with E-state index in [1.54, 1.807) is 12.1 Å². The molecule has 2 aromatic rings. The first-order valence-corrected chi connectivity index (χ1v) is 8.39. The standard InChI is InChI=1S/C15H15FN2O3S/c16-11-5-6-13-14(4-2-8-21-15(13)9-11)18-22(19,20)12-3-1-7-17-10-12/h1,3,5-7,9-10,14,18H,2,4,8H2/t14-/m0/s1. The van der Waals surface area contributed by atoms with E-state index in [4.69, 9.17) is 4.74 Å². The number of ether oxygens (including phenoxy) is 1. The Kier molecular flexibility index (Phi) is 4.08. The van der Waals surface area contributed by atoms with Crippen molar-refractivity contribution in [3.8, 4) is 5.75 Å². The molecule has 5 nitrogen and oxygen atoms in total. The summed E-state index contributed by atoms with van der Waals surface area (Å²) in [6, 6.07) is 6.74. The van der Waals surface area contributed by atoms with Crippen LogP contribution in [0.2, 0.25) is 0 Å². The second-order valence-corrected chi connectivity index (χ2v) is 6.75. The van der Waals surface area contributed by atoms with Gasteiger partial charge in [-0.25, -0.2) is 17.5 Å². The van der Waals surface area contributed by atoms with Crippen molar-refractivity contribution in [1.82, 2.24) is 9.71 Å². The molecule has 1 aromatic carbocycles. The fourth-order valence-corrected chi connectivity index (χ4v) is 3.64. The van der Waals surface area contributed by atoms with Crippen LogP contribution in [0.25, 0.3) is 0 Å². The van der Waals surface area contributed by atoms with Crippen molar-refractivity contribution in [3.63, 3.8) is 0 Å². The molecule has 0 unspecified atom stereocenters. The quantitative estimate of drug-likeness (QED) is 0.942. The lowest BCUT2D eigenvalue weighted by Crippen LogP contribution is -2.28. The van der Waals surface area contributed by atoms with E-state index >= 15 is 0 Å². The molecule has 0 spiro atoms. The Hall–Kier alpha value is -1.99. The molecule has 22 heavy (non-hydrogen) atoms. The number of rotatable bonds is 3. The average Bonchev–Trinajstić information content (AvgIpc) is 2.70. The summed E-state index contributed by atoms with van der Waals surface area (Å²) in [5, 5.41) is 0. The number of aromatic nitrogens is 1. The van der Waals surface area contributed by atoms with E-state index in [1.165, 1.54) is 30.6 Å². The first-order chi connectivity index (χ1) is 10.6. The normalized spacial score (nSPS) is 18.1. The molecule has 1 atom stereocenters. The first kappa shape index (κ1) is 14.9. The van der Waals surface area contributed by atoms with Crippen molar-refractivity contribution < 1.29 is 17.5 Å². The van der Waals surface area contributed by atoms with Gasteiger partial charge >= 0.3 is 0 Å². The molecule has 0 bridgehead atoms. The van der Waals surface area contributed by atoms with Gasteiger partial charge in [0.15, 0.2) is 0 Å². The third kappa shape index (κ3) is 3.10. The molecule has 0 fully saturated rings. The van der Waals surface area contributed by atoms with Gasteiger partial charge < -0.3 is 4.74 Å². The number of fused-ring (bicyclic) bond motifs is 1. The molecular formula is C15H15FN2O3S. The lowest BCUT2D eigenvalue weighted by molar-refractivity contribution is 0.314. The topological polar surface area (TPSA) is 68.3 Å². The maximum absolute atomic E-state index is 13.3. The van der Waals surface area contributed by atoms with Crippen LogP contribution in [-0.4, -0.2) is 20.0 Å². The van der Waals surface area contributed by atoms with Crippen LogP contribution >= 0.6 is 0 Å². The summed E-state index contributed by atoms with van der Waals surface area (Å²) >= 11 is 0. The summed E-state index contributed by atoms with van der Waals surface area (Å²) < 4.78 is 46.3. The minimum absolute atomic E-state index is 0.101. The number of nitrogens with zero attached hydrogens (tertiary/aromatic N) is 1. The highest BCUT2D eigenvalue weighted by atomic mass is 32.2. The summed E-state index contributed by atoms with van der Waals surface area (Å²) in [4.78, 5) is 3.93. The lowest BCUT2D eigenvalue weighted by atomic mass is 10.0. The van der Waals surface area contributed by atoms with Crippen molar-refractivity contribution >= 4 is 10.0 Å². The minimum atomic E-state index is -3.69. The van der Waals surface area contributed by atoms with Gasteiger partial charge in [-0.2, -0.15) is 0 Å². The zero-order valence-electron chi connectivity index (χ0n) is 11.7. The predicted octanol–water partition coefficient (Wildman–Crippen LogP) is 2.41. The van der Waals surface area contributed by atoms with Crippen LogP contribution in [-0.2, 0) is 10.0 Å². The second kappa shape index (κ2) is 6.02. The van der Waals surface area contributed by atoms with Gasteiger partial charge in [-0.15, -0.1) is 0 Å². The maximum atomic E-state index is 13.3. The predicted molar refractivity (Wildman–Crippen MR) is 78.4 cm³/mol. The fourth-order valence-electron chi connectivity index (χ4n) is 2.43. The molecule has 1 aliphatic rings. The average molecular weight is 322 g/mol. The Balaban J connectivity index is 1.93. The van der Waals surface area contributed by atoms with Crippen molar-refractivity contribution in [1.29, 1.82) is 0 Å². The maximum Gasteiger partial charge on any atom is 0.242 e. The Labute approximate surface area is 128 Å². The number of hydrogen-bond acceptors (Lipinski definition) is 4. The molecule has 3 rings (SSSR count). The van der Waals surface area contributed by atoms with Gasteiger partial charge in [0, 0.05) is 24.0 Å². The van der Waals surface area contributed by atoms with Gasteiger partial charge in [0.1, 0.15) is 16.5 Å². The fraction of sp³-hybridized carbons (Fsp3) is 0.267. The summed E-state index contributed by atoms with van der Waals surface area (Å²) in [5.41, 5.74) is 0.645. The monoisotopic (exact) mass is 322 g/mol. The Morgan fingerprint density at radius 2 is 2.18 bits per heavy atom. The molecule has 1 N–H and O–H groups in total. The number of pyridine rings is 1. The third-order valence-corrected chi connectivity index (χ3v) is 4.94. The van der Waals surface area contributed by atoms with Gasteiger partial charge in [-0.1, -0.05) is 6.07 Å². The van der Waals surface area contributed by atoms with E-state index in [-0.39, 0.29) is 4.90 Å². The van der Waals surface area contributed by atoms with E-state index < -0.39 is 21.9 Å². The molecule has 0 saturated carbocycles. The number of hydrogen-bond donors (Lipinski definition) is 1. The van der Waals surface area contributed by atoms with Gasteiger partial charge in [-0.3, -0.25) is 4.98 Å². The number of nitrogens with one attached hydrogen (secondary N) is 1. The van der Waals surface area contributed by atoms with E-state index in [1.807, 2.05) is 0 Å². The Bertz CT molecular complexity index is 766. The summed E-state index contributed by atoms with van der Waals surface area (Å²) in [5.74, 6) is -0.0223. The van der Waals surface area contributed by atoms with Crippen molar-refractivity contribution in [2.45, 2.75) is 23.8 Å². The van der Waals surface area contributed by atoms with Gasteiger partial charge in [0.25, 0.3) is 0 Å². The number of halogens is 1. The highest BCUT2D eigenvalue weighted by Gasteiger charge is 2.26. The summed E-state index contributed by atoms with van der Waals surface area (Å²) in [6.45, 7) is 0.432. The van der Waals surface area contributed by atoms with Gasteiger partial charge in [0.2, 0.25) is 10.0 Å². The largest absolute Gasteiger partial charge is 0.493 e. The molecule has 0 aliphatic carbocycles.